The largest absolute Gasteiger partial charge is 0.331 e. The quantitative estimate of drug-likeness (QED) is 0.581. The zero-order valence-corrected chi connectivity index (χ0v) is 11.3. The van der Waals surface area contributed by atoms with Gasteiger partial charge in [-0.3, -0.25) is 15.6 Å². The van der Waals surface area contributed by atoms with Crippen molar-refractivity contribution in [2.45, 2.75) is 6.42 Å². The van der Waals surface area contributed by atoms with E-state index in [4.69, 9.17) is 17.5 Å². The van der Waals surface area contributed by atoms with Gasteiger partial charge in [-0.1, -0.05) is 30.3 Å². The molecule has 2 rings (SSSR count). The Morgan fingerprint density at radius 2 is 1.90 bits per heavy atom. The molecule has 0 bridgehead atoms. The van der Waals surface area contributed by atoms with Crippen molar-refractivity contribution in [3.8, 4) is 6.07 Å². The second-order valence-corrected chi connectivity index (χ2v) is 4.43. The van der Waals surface area contributed by atoms with Gasteiger partial charge in [-0.05, 0) is 35.1 Å². The number of amides is 1. The smallest absolute Gasteiger partial charge is 0.252 e. The monoisotopic (exact) mass is 284 g/mol. The Kier molecular flexibility index (Phi) is 4.47. The van der Waals surface area contributed by atoms with E-state index in [1.165, 1.54) is 0 Å². The van der Waals surface area contributed by atoms with Gasteiger partial charge >= 0.3 is 0 Å². The third-order valence-electron chi connectivity index (χ3n) is 2.56. The molecule has 0 aliphatic rings. The molecular formula is C14H12N4OS. The predicted octanol–water partition coefficient (Wildman–Crippen LogP) is 2.07. The fourth-order valence-electron chi connectivity index (χ4n) is 1.67. The number of hydrogen-bond donors (Lipinski definition) is 3. The molecule has 2 aromatic rings. The van der Waals surface area contributed by atoms with Crippen molar-refractivity contribution in [1.29, 1.82) is 5.26 Å². The summed E-state index contributed by atoms with van der Waals surface area (Å²) in [7, 11) is 0. The van der Waals surface area contributed by atoms with Crippen LogP contribution >= 0.6 is 12.2 Å². The molecule has 5 nitrogen and oxygen atoms in total. The van der Waals surface area contributed by atoms with Crippen molar-refractivity contribution in [1.82, 2.24) is 10.9 Å². The zero-order chi connectivity index (χ0) is 14.4. The van der Waals surface area contributed by atoms with Crippen molar-refractivity contribution in [2.75, 3.05) is 5.32 Å². The molecule has 20 heavy (non-hydrogen) atoms. The van der Waals surface area contributed by atoms with Gasteiger partial charge in [0.15, 0.2) is 5.11 Å². The van der Waals surface area contributed by atoms with Crippen molar-refractivity contribution in [3.05, 3.63) is 42.5 Å². The van der Waals surface area contributed by atoms with Gasteiger partial charge in [0.2, 0.25) is 0 Å². The second kappa shape index (κ2) is 6.50. The lowest BCUT2D eigenvalue weighted by molar-refractivity contribution is -0.120. The van der Waals surface area contributed by atoms with E-state index >= 15 is 0 Å². The molecule has 3 N–H and O–H groups in total. The first-order valence-corrected chi connectivity index (χ1v) is 6.31. The molecule has 0 aromatic heterocycles. The Bertz CT molecular complexity index is 693. The number of fused-ring (bicyclic) bond motifs is 1. The van der Waals surface area contributed by atoms with Gasteiger partial charge in [0.05, 0.1) is 6.07 Å². The van der Waals surface area contributed by atoms with E-state index in [0.29, 0.717) is 0 Å². The van der Waals surface area contributed by atoms with Crippen molar-refractivity contribution in [3.63, 3.8) is 0 Å². The molecule has 0 saturated heterocycles. The molecule has 0 saturated carbocycles. The number of nitrogens with zero attached hydrogens (tertiary/aromatic N) is 1. The summed E-state index contributed by atoms with van der Waals surface area (Å²) in [5.41, 5.74) is 5.67. The van der Waals surface area contributed by atoms with Crippen molar-refractivity contribution in [2.24, 2.45) is 0 Å². The number of rotatable bonds is 2. The standard InChI is InChI=1S/C14H12N4OS/c15-8-7-13(19)17-18-14(20)16-12-6-5-10-3-1-2-4-11(10)9-12/h1-6,9H,7H2,(H,17,19)(H2,16,18,20). The number of anilines is 1. The molecular weight excluding hydrogens is 272 g/mol. The summed E-state index contributed by atoms with van der Waals surface area (Å²) in [6.07, 6.45) is -0.217. The predicted molar refractivity (Wildman–Crippen MR) is 81.7 cm³/mol. The number of nitriles is 1. The molecule has 1 amide bonds. The topological polar surface area (TPSA) is 77.0 Å². The van der Waals surface area contributed by atoms with E-state index in [1.807, 2.05) is 42.5 Å². The van der Waals surface area contributed by atoms with Gasteiger partial charge in [-0.25, -0.2) is 0 Å². The van der Waals surface area contributed by atoms with Crippen molar-refractivity contribution >= 4 is 39.7 Å². The van der Waals surface area contributed by atoms with Crippen LogP contribution in [0.2, 0.25) is 0 Å². The summed E-state index contributed by atoms with van der Waals surface area (Å²) in [4.78, 5) is 11.1. The number of benzene rings is 2. The normalized spacial score (nSPS) is 9.55. The maximum Gasteiger partial charge on any atom is 0.252 e. The highest BCUT2D eigenvalue weighted by molar-refractivity contribution is 7.80. The fraction of sp³-hybridized carbons (Fsp3) is 0.0714. The van der Waals surface area contributed by atoms with E-state index < -0.39 is 5.91 Å². The van der Waals surface area contributed by atoms with Crippen molar-refractivity contribution < 1.29 is 4.79 Å². The van der Waals surface area contributed by atoms with Crippen LogP contribution in [0.3, 0.4) is 0 Å². The highest BCUT2D eigenvalue weighted by Crippen LogP contribution is 2.18. The van der Waals surface area contributed by atoms with Crippen LogP contribution in [0.1, 0.15) is 6.42 Å². The Morgan fingerprint density at radius 1 is 1.15 bits per heavy atom. The lowest BCUT2D eigenvalue weighted by Gasteiger charge is -2.11. The fourth-order valence-corrected chi connectivity index (χ4v) is 1.84. The number of carbonyl (C=O) groups is 1. The van der Waals surface area contributed by atoms with Crippen LogP contribution in [0.15, 0.2) is 42.5 Å². The first-order chi connectivity index (χ1) is 9.69. The highest BCUT2D eigenvalue weighted by Gasteiger charge is 2.02. The van der Waals surface area contributed by atoms with Gasteiger partial charge in [0, 0.05) is 5.69 Å². The van der Waals surface area contributed by atoms with E-state index in [1.54, 1.807) is 6.07 Å². The molecule has 100 valence electrons. The van der Waals surface area contributed by atoms with Crippen LogP contribution < -0.4 is 16.2 Å². The third-order valence-corrected chi connectivity index (χ3v) is 2.77. The minimum absolute atomic E-state index is 0.217. The lowest BCUT2D eigenvalue weighted by Crippen LogP contribution is -2.43. The van der Waals surface area contributed by atoms with Gasteiger partial charge in [-0.15, -0.1) is 0 Å². The summed E-state index contributed by atoms with van der Waals surface area (Å²) in [6.45, 7) is 0. The third kappa shape index (κ3) is 3.67. The molecule has 6 heteroatoms. The summed E-state index contributed by atoms with van der Waals surface area (Å²) in [6, 6.07) is 15.6. The van der Waals surface area contributed by atoms with Gasteiger partial charge < -0.3 is 5.32 Å². The van der Waals surface area contributed by atoms with E-state index in [-0.39, 0.29) is 11.5 Å². The summed E-state index contributed by atoms with van der Waals surface area (Å²) in [5, 5.41) is 13.8. The van der Waals surface area contributed by atoms with E-state index in [9.17, 15) is 4.79 Å². The Morgan fingerprint density at radius 3 is 2.65 bits per heavy atom. The lowest BCUT2D eigenvalue weighted by atomic mass is 10.1. The molecule has 2 aromatic carbocycles. The average Bonchev–Trinajstić information content (AvgIpc) is 2.45. The molecule has 0 spiro atoms. The highest BCUT2D eigenvalue weighted by atomic mass is 32.1. The average molecular weight is 284 g/mol. The molecule has 0 aliphatic carbocycles. The maximum absolute atomic E-state index is 11.1. The van der Waals surface area contributed by atoms with Crippen LogP contribution in [-0.2, 0) is 4.79 Å². The van der Waals surface area contributed by atoms with Crippen LogP contribution in [0.25, 0.3) is 10.8 Å². The molecule has 0 atom stereocenters. The van der Waals surface area contributed by atoms with Gasteiger partial charge in [0.1, 0.15) is 6.42 Å². The Labute approximate surface area is 121 Å². The van der Waals surface area contributed by atoms with Gasteiger partial charge in [-0.2, -0.15) is 5.26 Å². The van der Waals surface area contributed by atoms with Crippen LogP contribution in [-0.4, -0.2) is 11.0 Å². The molecule has 0 unspecified atom stereocenters. The number of thiocarbonyl (C=S) groups is 1. The molecule has 0 radical (unpaired) electrons. The van der Waals surface area contributed by atoms with E-state index in [0.717, 1.165) is 16.5 Å². The van der Waals surface area contributed by atoms with Crippen LogP contribution in [0.5, 0.6) is 0 Å². The minimum atomic E-state index is -0.435. The minimum Gasteiger partial charge on any atom is -0.331 e. The molecule has 0 heterocycles. The number of hydrogen-bond acceptors (Lipinski definition) is 3. The van der Waals surface area contributed by atoms with Gasteiger partial charge in [0.25, 0.3) is 5.91 Å². The first-order valence-electron chi connectivity index (χ1n) is 5.90. The first kappa shape index (κ1) is 13.8. The molecule has 0 fully saturated rings. The van der Waals surface area contributed by atoms with E-state index in [2.05, 4.69) is 16.2 Å². The Balaban J connectivity index is 1.96. The summed E-state index contributed by atoms with van der Waals surface area (Å²) >= 11 is 5.04. The number of carbonyl (C=O) groups excluding carboxylic acids is 1. The summed E-state index contributed by atoms with van der Waals surface area (Å²) in [5.74, 6) is -0.435. The zero-order valence-electron chi connectivity index (χ0n) is 10.5. The maximum atomic E-state index is 11.1. The van der Waals surface area contributed by atoms with Crippen LogP contribution in [0.4, 0.5) is 5.69 Å². The molecule has 0 aliphatic heterocycles. The summed E-state index contributed by atoms with van der Waals surface area (Å²) < 4.78 is 0. The Hall–Kier alpha value is -2.65. The number of hydrazine groups is 1. The SMILES string of the molecule is N#CCC(=O)NNC(=S)Nc1ccc2ccccc2c1. The second-order valence-electron chi connectivity index (χ2n) is 4.02. The van der Waals surface area contributed by atoms with Crippen LogP contribution in [0, 0.1) is 11.3 Å². The number of nitrogens with one attached hydrogen (secondary N) is 3.